The molecule has 0 aliphatic heterocycles. The number of nitrogens with zero attached hydrogens (tertiary/aromatic N) is 3. The van der Waals surface area contributed by atoms with Gasteiger partial charge in [-0.3, -0.25) is 0 Å². The number of benzene rings is 8. The van der Waals surface area contributed by atoms with Crippen LogP contribution in [0.4, 0.5) is 17.1 Å². The maximum atomic E-state index is 6.31. The van der Waals surface area contributed by atoms with Crippen molar-refractivity contribution in [1.29, 1.82) is 0 Å². The summed E-state index contributed by atoms with van der Waals surface area (Å²) in [6.07, 6.45) is 0. The first-order valence-electron chi connectivity index (χ1n) is 18.1. The van der Waals surface area contributed by atoms with Crippen LogP contribution in [-0.4, -0.2) is 9.55 Å². The first kappa shape index (κ1) is 30.3. The van der Waals surface area contributed by atoms with Crippen molar-refractivity contribution < 1.29 is 8.83 Å². The molecular formula is C49H31N3O2. The molecule has 0 saturated carbocycles. The highest BCUT2D eigenvalue weighted by molar-refractivity contribution is 6.17. The molecule has 11 rings (SSSR count). The third-order valence-electron chi connectivity index (χ3n) is 10.4. The lowest BCUT2D eigenvalue weighted by Crippen LogP contribution is -2.10. The molecule has 8 aromatic carbocycles. The smallest absolute Gasteiger partial charge is 0.227 e. The Morgan fingerprint density at radius 2 is 1.04 bits per heavy atom. The zero-order chi connectivity index (χ0) is 35.6. The first-order valence-corrected chi connectivity index (χ1v) is 18.1. The summed E-state index contributed by atoms with van der Waals surface area (Å²) in [4.78, 5) is 7.27. The van der Waals surface area contributed by atoms with E-state index in [1.807, 2.05) is 42.5 Å². The molecule has 11 aromatic rings. The van der Waals surface area contributed by atoms with Crippen LogP contribution in [0.15, 0.2) is 197 Å². The topological polar surface area (TPSA) is 47.3 Å². The Kier molecular flexibility index (Phi) is 6.79. The second-order valence-corrected chi connectivity index (χ2v) is 13.6. The molecule has 254 valence electrons. The molecule has 0 saturated heterocycles. The van der Waals surface area contributed by atoms with Gasteiger partial charge in [0.25, 0.3) is 0 Å². The molecule has 0 spiro atoms. The van der Waals surface area contributed by atoms with Gasteiger partial charge >= 0.3 is 0 Å². The third kappa shape index (κ3) is 4.83. The molecule has 0 aliphatic carbocycles. The molecule has 5 nitrogen and oxygen atoms in total. The van der Waals surface area contributed by atoms with Crippen LogP contribution in [0.3, 0.4) is 0 Å². The minimum absolute atomic E-state index is 0.600. The fraction of sp³-hybridized carbons (Fsp3) is 0. The maximum absolute atomic E-state index is 6.31. The summed E-state index contributed by atoms with van der Waals surface area (Å²) in [5, 5.41) is 4.44. The third-order valence-corrected chi connectivity index (χ3v) is 10.4. The van der Waals surface area contributed by atoms with Gasteiger partial charge in [0, 0.05) is 44.5 Å². The van der Waals surface area contributed by atoms with Gasteiger partial charge in [-0.2, -0.15) is 0 Å². The summed E-state index contributed by atoms with van der Waals surface area (Å²) in [6.45, 7) is 0. The van der Waals surface area contributed by atoms with Gasteiger partial charge in [-0.05, 0) is 102 Å². The van der Waals surface area contributed by atoms with E-state index >= 15 is 0 Å². The number of oxazole rings is 1. The van der Waals surface area contributed by atoms with Crippen LogP contribution in [0.2, 0.25) is 0 Å². The standard InChI is InChI=1S/C49H31N3O2/c1-4-12-33(13-5-1)49-50-48-46(54-49)29-28-45-47(48)41-30-34(22-27-44(41)53-45)32-20-23-37(24-21-32)51(35-14-6-2-7-15-35)38-25-26-40-39-18-10-11-19-42(39)52(43(40)31-38)36-16-8-3-9-17-36/h1-31H. The fourth-order valence-electron chi connectivity index (χ4n) is 7.92. The number of fused-ring (bicyclic) bond motifs is 8. The summed E-state index contributed by atoms with van der Waals surface area (Å²) in [6, 6.07) is 65.8. The van der Waals surface area contributed by atoms with Crippen molar-refractivity contribution in [3.05, 3.63) is 188 Å². The van der Waals surface area contributed by atoms with Crippen molar-refractivity contribution in [2.45, 2.75) is 0 Å². The lowest BCUT2D eigenvalue weighted by atomic mass is 10.0. The van der Waals surface area contributed by atoms with Crippen molar-refractivity contribution in [2.75, 3.05) is 4.90 Å². The number of hydrogen-bond donors (Lipinski definition) is 0. The van der Waals surface area contributed by atoms with Crippen LogP contribution in [0, 0.1) is 0 Å². The summed E-state index contributed by atoms with van der Waals surface area (Å²) in [7, 11) is 0. The Hall–Kier alpha value is -7.37. The molecule has 0 atom stereocenters. The van der Waals surface area contributed by atoms with E-state index in [1.54, 1.807) is 0 Å². The van der Waals surface area contributed by atoms with Crippen LogP contribution in [0.5, 0.6) is 0 Å². The van der Waals surface area contributed by atoms with Crippen molar-refractivity contribution in [3.8, 4) is 28.3 Å². The van der Waals surface area contributed by atoms with Gasteiger partial charge in [-0.1, -0.05) is 97.1 Å². The number of para-hydroxylation sites is 3. The number of anilines is 3. The largest absolute Gasteiger partial charge is 0.456 e. The van der Waals surface area contributed by atoms with Gasteiger partial charge in [-0.25, -0.2) is 4.98 Å². The number of aromatic nitrogens is 2. The van der Waals surface area contributed by atoms with Crippen molar-refractivity contribution in [1.82, 2.24) is 9.55 Å². The predicted octanol–water partition coefficient (Wildman–Crippen LogP) is 13.6. The van der Waals surface area contributed by atoms with E-state index in [4.69, 9.17) is 13.8 Å². The summed E-state index contributed by atoms with van der Waals surface area (Å²) < 4.78 is 14.9. The molecule has 0 fully saturated rings. The molecule has 0 radical (unpaired) electrons. The van der Waals surface area contributed by atoms with Gasteiger partial charge in [0.15, 0.2) is 5.58 Å². The van der Waals surface area contributed by atoms with E-state index < -0.39 is 0 Å². The van der Waals surface area contributed by atoms with E-state index in [-0.39, 0.29) is 0 Å². The molecule has 0 bridgehead atoms. The minimum Gasteiger partial charge on any atom is -0.456 e. The van der Waals surface area contributed by atoms with Crippen LogP contribution >= 0.6 is 0 Å². The molecule has 0 aliphatic rings. The first-order chi connectivity index (χ1) is 26.8. The van der Waals surface area contributed by atoms with Crippen molar-refractivity contribution in [3.63, 3.8) is 0 Å². The second-order valence-electron chi connectivity index (χ2n) is 13.6. The SMILES string of the molecule is c1ccc(-c2nc3c(ccc4oc5ccc(-c6ccc(N(c7ccccc7)c7ccc8c9ccccc9n(-c9ccccc9)c8c7)cc6)cc5c43)o2)cc1. The molecule has 5 heteroatoms. The number of hydrogen-bond acceptors (Lipinski definition) is 4. The van der Waals surface area contributed by atoms with E-state index in [2.05, 4.69) is 155 Å². The highest BCUT2D eigenvalue weighted by atomic mass is 16.4. The zero-order valence-corrected chi connectivity index (χ0v) is 29.1. The Labute approximate surface area is 310 Å². The fourth-order valence-corrected chi connectivity index (χ4v) is 7.92. The average molecular weight is 694 g/mol. The number of furan rings is 1. The van der Waals surface area contributed by atoms with E-state index in [9.17, 15) is 0 Å². The Bertz CT molecular complexity index is 3140. The summed E-state index contributed by atoms with van der Waals surface area (Å²) in [5.74, 6) is 0.600. The molecule has 0 unspecified atom stereocenters. The Balaban J connectivity index is 1.02. The second kappa shape index (κ2) is 12.1. The molecule has 0 amide bonds. The van der Waals surface area contributed by atoms with Gasteiger partial charge in [0.1, 0.15) is 16.7 Å². The van der Waals surface area contributed by atoms with Gasteiger partial charge < -0.3 is 18.3 Å². The zero-order valence-electron chi connectivity index (χ0n) is 29.1. The maximum Gasteiger partial charge on any atom is 0.227 e. The van der Waals surface area contributed by atoms with Gasteiger partial charge in [0.2, 0.25) is 5.89 Å². The quantitative estimate of drug-likeness (QED) is 0.174. The lowest BCUT2D eigenvalue weighted by Gasteiger charge is -2.26. The summed E-state index contributed by atoms with van der Waals surface area (Å²) >= 11 is 0. The lowest BCUT2D eigenvalue weighted by molar-refractivity contribution is 0.619. The van der Waals surface area contributed by atoms with Crippen LogP contribution in [0.25, 0.3) is 83.1 Å². The minimum atomic E-state index is 0.600. The van der Waals surface area contributed by atoms with Crippen LogP contribution in [0.1, 0.15) is 0 Å². The number of rotatable bonds is 6. The van der Waals surface area contributed by atoms with Crippen molar-refractivity contribution >= 4 is 71.9 Å². The van der Waals surface area contributed by atoms with Crippen LogP contribution in [-0.2, 0) is 0 Å². The van der Waals surface area contributed by atoms with E-state index in [0.717, 1.165) is 78.0 Å². The van der Waals surface area contributed by atoms with Crippen molar-refractivity contribution in [2.24, 2.45) is 0 Å². The average Bonchev–Trinajstić information content (AvgIpc) is 3.94. The molecule has 3 heterocycles. The highest BCUT2D eigenvalue weighted by Gasteiger charge is 2.19. The molecule has 54 heavy (non-hydrogen) atoms. The predicted molar refractivity (Wildman–Crippen MR) is 221 cm³/mol. The van der Waals surface area contributed by atoms with Crippen LogP contribution < -0.4 is 4.90 Å². The summed E-state index contributed by atoms with van der Waals surface area (Å²) in [5.41, 5.74) is 13.0. The van der Waals surface area contributed by atoms with Gasteiger partial charge in [0.05, 0.1) is 16.4 Å². The monoisotopic (exact) mass is 693 g/mol. The normalized spacial score (nSPS) is 11.7. The van der Waals surface area contributed by atoms with E-state index in [0.29, 0.717) is 5.89 Å². The molecule has 0 N–H and O–H groups in total. The van der Waals surface area contributed by atoms with E-state index in [1.165, 1.54) is 16.3 Å². The highest BCUT2D eigenvalue weighted by Crippen LogP contribution is 2.41. The Morgan fingerprint density at radius 1 is 0.407 bits per heavy atom. The molecular weight excluding hydrogens is 663 g/mol. The molecule has 3 aromatic heterocycles. The van der Waals surface area contributed by atoms with Gasteiger partial charge in [-0.15, -0.1) is 0 Å². The Morgan fingerprint density at radius 3 is 1.85 bits per heavy atom.